The fourth-order valence-corrected chi connectivity index (χ4v) is 4.64. The van der Waals surface area contributed by atoms with Crippen molar-refractivity contribution in [2.45, 2.75) is 6.67 Å². The molecule has 5 rings (SSSR count). The molecule has 1 amide bonds. The number of rotatable bonds is 1. The number of nitrogens with zero attached hydrogens (tertiary/aromatic N) is 4. The molecule has 0 atom stereocenters. The number of amides is 1. The van der Waals surface area contributed by atoms with Gasteiger partial charge in [0.05, 0.1) is 11.3 Å². The third kappa shape index (κ3) is 2.41. The molecule has 2 aliphatic rings. The van der Waals surface area contributed by atoms with Gasteiger partial charge in [-0.2, -0.15) is 0 Å². The van der Waals surface area contributed by atoms with E-state index in [9.17, 15) is 14.0 Å². The molecule has 0 saturated heterocycles. The summed E-state index contributed by atoms with van der Waals surface area (Å²) < 4.78 is 15.5. The number of likely N-dealkylation sites (N-methyl/N-ethyl adjacent to an activating group) is 1. The molecule has 0 aliphatic carbocycles. The average Bonchev–Trinajstić information content (AvgIpc) is 3.16. The zero-order chi connectivity index (χ0) is 19.4. The Balaban J connectivity index is 1.67. The van der Waals surface area contributed by atoms with Crippen LogP contribution in [0.25, 0.3) is 5.57 Å². The second-order valence-corrected chi connectivity index (χ2v) is 7.64. The number of aromatic nitrogens is 1. The second kappa shape index (κ2) is 6.13. The van der Waals surface area contributed by atoms with E-state index in [1.54, 1.807) is 24.1 Å². The molecule has 140 valence electrons. The normalized spacial score (nSPS) is 17.4. The van der Waals surface area contributed by atoms with Crippen LogP contribution in [0, 0.1) is 5.82 Å². The molecule has 3 aromatic rings. The van der Waals surface area contributed by atoms with Gasteiger partial charge in [0.25, 0.3) is 11.5 Å². The van der Waals surface area contributed by atoms with E-state index in [-0.39, 0.29) is 24.0 Å². The fraction of sp³-hybridized carbons (Fsp3) is 0.150. The molecule has 0 unspecified atom stereocenters. The lowest BCUT2D eigenvalue weighted by atomic mass is 10.1. The summed E-state index contributed by atoms with van der Waals surface area (Å²) in [7, 11) is 1.70. The number of halogens is 1. The molecule has 0 fully saturated rings. The van der Waals surface area contributed by atoms with Gasteiger partial charge in [-0.05, 0) is 24.3 Å². The molecule has 1 aromatic heterocycles. The predicted octanol–water partition coefficient (Wildman–Crippen LogP) is 1.28. The smallest absolute Gasteiger partial charge is 0.272 e. The average molecular weight is 394 g/mol. The zero-order valence-corrected chi connectivity index (χ0v) is 15.7. The quantitative estimate of drug-likeness (QED) is 0.625. The molecule has 2 aromatic carbocycles. The van der Waals surface area contributed by atoms with Crippen molar-refractivity contribution in [2.75, 3.05) is 23.5 Å². The van der Waals surface area contributed by atoms with Crippen molar-refractivity contribution in [1.29, 1.82) is 0 Å². The van der Waals surface area contributed by atoms with Crippen molar-refractivity contribution in [3.05, 3.63) is 79.6 Å². The van der Waals surface area contributed by atoms with Gasteiger partial charge in [0.15, 0.2) is 4.80 Å². The summed E-state index contributed by atoms with van der Waals surface area (Å²) in [6.45, 7) is 0.583. The second-order valence-electron chi connectivity index (χ2n) is 6.66. The lowest BCUT2D eigenvalue weighted by Gasteiger charge is -2.25. The summed E-state index contributed by atoms with van der Waals surface area (Å²) in [5, 5.41) is 0. The van der Waals surface area contributed by atoms with Crippen LogP contribution in [0.5, 0.6) is 0 Å². The number of carbonyl (C=O) groups excluding carboxylic acids is 1. The van der Waals surface area contributed by atoms with E-state index >= 15 is 0 Å². The summed E-state index contributed by atoms with van der Waals surface area (Å²) in [4.78, 5) is 34.4. The molecule has 3 heterocycles. The molecule has 0 bridgehead atoms. The third-order valence-corrected chi connectivity index (χ3v) is 6.12. The predicted molar refractivity (Wildman–Crippen MR) is 105 cm³/mol. The van der Waals surface area contributed by atoms with Crippen LogP contribution in [0.3, 0.4) is 0 Å². The van der Waals surface area contributed by atoms with Crippen molar-refractivity contribution in [1.82, 2.24) is 4.57 Å². The summed E-state index contributed by atoms with van der Waals surface area (Å²) in [5.41, 5.74) is 2.37. The van der Waals surface area contributed by atoms with Gasteiger partial charge in [0.1, 0.15) is 23.7 Å². The minimum atomic E-state index is -0.339. The Labute approximate surface area is 163 Å². The topological polar surface area (TPSA) is 57.9 Å². The van der Waals surface area contributed by atoms with Crippen LogP contribution < -0.4 is 24.7 Å². The molecule has 0 saturated carbocycles. The number of fused-ring (bicyclic) bond motifs is 2. The van der Waals surface area contributed by atoms with Crippen LogP contribution in [0.1, 0.15) is 5.56 Å². The van der Waals surface area contributed by atoms with Crippen molar-refractivity contribution >= 4 is 34.2 Å². The highest BCUT2D eigenvalue weighted by Gasteiger charge is 2.32. The summed E-state index contributed by atoms with van der Waals surface area (Å²) >= 11 is 1.23. The van der Waals surface area contributed by atoms with Crippen molar-refractivity contribution < 1.29 is 9.18 Å². The summed E-state index contributed by atoms with van der Waals surface area (Å²) in [6, 6.07) is 13.6. The lowest BCUT2D eigenvalue weighted by Crippen LogP contribution is -2.43. The number of benzene rings is 2. The third-order valence-electron chi connectivity index (χ3n) is 5.01. The monoisotopic (exact) mass is 394 g/mol. The highest BCUT2D eigenvalue weighted by molar-refractivity contribution is 7.07. The standard InChI is InChI=1S/C20H15FN4O2S/c1-23-15-8-3-2-7-14(15)16(18(23)26)17-19(27)25-11-24(10-22-20(25)28-17)13-6-4-5-12(21)9-13/h2-9H,10-11H2,1H3. The first-order valence-corrected chi connectivity index (χ1v) is 9.52. The SMILES string of the molecule is CN1C(=O)C(=c2sc3n(c2=O)CN(c2cccc(F)c2)CN=3)c2ccccc21. The Morgan fingerprint density at radius 3 is 2.75 bits per heavy atom. The van der Waals surface area contributed by atoms with Crippen LogP contribution in [-0.2, 0) is 11.5 Å². The highest BCUT2D eigenvalue weighted by atomic mass is 32.1. The highest BCUT2D eigenvalue weighted by Crippen LogP contribution is 2.33. The van der Waals surface area contributed by atoms with Crippen molar-refractivity contribution in [3.63, 3.8) is 0 Å². The fourth-order valence-electron chi connectivity index (χ4n) is 3.59. The van der Waals surface area contributed by atoms with E-state index in [1.165, 1.54) is 28.0 Å². The molecule has 6 nitrogen and oxygen atoms in total. The number of thiazole rings is 1. The molecule has 28 heavy (non-hydrogen) atoms. The first-order chi connectivity index (χ1) is 13.5. The van der Waals surface area contributed by atoms with Crippen LogP contribution in [0.2, 0.25) is 0 Å². The van der Waals surface area contributed by atoms with Gasteiger partial charge >= 0.3 is 0 Å². The zero-order valence-electron chi connectivity index (χ0n) is 14.9. The van der Waals surface area contributed by atoms with Gasteiger partial charge in [-0.15, -0.1) is 0 Å². The minimum Gasteiger partial charge on any atom is -0.333 e. The van der Waals surface area contributed by atoms with Gasteiger partial charge in [0, 0.05) is 18.3 Å². The van der Waals surface area contributed by atoms with Gasteiger partial charge in [-0.25, -0.2) is 9.38 Å². The summed E-state index contributed by atoms with van der Waals surface area (Å²) in [5.74, 6) is -0.534. The minimum absolute atomic E-state index is 0.195. The molecular formula is C20H15FN4O2S. The van der Waals surface area contributed by atoms with Crippen molar-refractivity contribution in [3.8, 4) is 0 Å². The van der Waals surface area contributed by atoms with Gasteiger partial charge in [-0.3, -0.25) is 14.2 Å². The van der Waals surface area contributed by atoms with E-state index < -0.39 is 0 Å². The Morgan fingerprint density at radius 1 is 1.11 bits per heavy atom. The lowest BCUT2D eigenvalue weighted by molar-refractivity contribution is -0.112. The van der Waals surface area contributed by atoms with E-state index in [1.807, 2.05) is 29.2 Å². The molecule has 8 heteroatoms. The number of hydrogen-bond acceptors (Lipinski definition) is 5. The Kier molecular flexibility index (Phi) is 3.70. The Hall–Kier alpha value is -3.26. The Bertz CT molecular complexity index is 1310. The molecule has 2 aliphatic heterocycles. The first-order valence-electron chi connectivity index (χ1n) is 8.71. The van der Waals surface area contributed by atoms with Gasteiger partial charge in [0.2, 0.25) is 0 Å². The van der Waals surface area contributed by atoms with Crippen molar-refractivity contribution in [2.24, 2.45) is 4.99 Å². The molecule has 0 spiro atoms. The summed E-state index contributed by atoms with van der Waals surface area (Å²) in [6.07, 6.45) is 0. The maximum absolute atomic E-state index is 13.6. The maximum Gasteiger partial charge on any atom is 0.272 e. The largest absolute Gasteiger partial charge is 0.333 e. The maximum atomic E-state index is 13.6. The van der Waals surface area contributed by atoms with E-state index in [2.05, 4.69) is 4.99 Å². The van der Waals surface area contributed by atoms with Gasteiger partial charge in [-0.1, -0.05) is 35.6 Å². The van der Waals surface area contributed by atoms with E-state index in [0.29, 0.717) is 27.3 Å². The van der Waals surface area contributed by atoms with Crippen LogP contribution in [0.4, 0.5) is 15.8 Å². The number of anilines is 2. The molecule has 0 N–H and O–H groups in total. The molecule has 0 radical (unpaired) electrons. The number of hydrogen-bond donors (Lipinski definition) is 0. The number of para-hydroxylation sites is 1. The number of carbonyl (C=O) groups is 1. The Morgan fingerprint density at radius 2 is 1.93 bits per heavy atom. The van der Waals surface area contributed by atoms with Gasteiger partial charge < -0.3 is 9.80 Å². The first kappa shape index (κ1) is 16.9. The van der Waals surface area contributed by atoms with Crippen LogP contribution in [0.15, 0.2) is 58.3 Å². The van der Waals surface area contributed by atoms with E-state index in [4.69, 9.17) is 0 Å². The molecular weight excluding hydrogens is 379 g/mol. The van der Waals surface area contributed by atoms with E-state index in [0.717, 1.165) is 11.3 Å². The van der Waals surface area contributed by atoms with Crippen LogP contribution in [-0.4, -0.2) is 24.2 Å². The van der Waals surface area contributed by atoms with Crippen LogP contribution >= 0.6 is 11.3 Å².